The molecule has 0 atom stereocenters. The molecule has 0 spiro atoms. The summed E-state index contributed by atoms with van der Waals surface area (Å²) in [7, 11) is 0. The second kappa shape index (κ2) is 10.3. The van der Waals surface area contributed by atoms with E-state index in [2.05, 4.69) is 9.88 Å². The Labute approximate surface area is 199 Å². The minimum Gasteiger partial charge on any atom is -0.337 e. The second-order valence-corrected chi connectivity index (χ2v) is 8.37. The number of hydrogen-bond acceptors (Lipinski definition) is 4. The molecule has 0 bridgehead atoms. The minimum atomic E-state index is 0.0371. The fraction of sp³-hybridized carbons (Fsp3) is 0.179. The van der Waals surface area contributed by atoms with Gasteiger partial charge in [0, 0.05) is 68.5 Å². The third kappa shape index (κ3) is 5.13. The van der Waals surface area contributed by atoms with Crippen LogP contribution in [0, 0.1) is 0 Å². The van der Waals surface area contributed by atoms with E-state index in [1.807, 2.05) is 107 Å². The Kier molecular flexibility index (Phi) is 6.59. The van der Waals surface area contributed by atoms with Gasteiger partial charge in [0.15, 0.2) is 0 Å². The predicted molar refractivity (Wildman–Crippen MR) is 134 cm³/mol. The van der Waals surface area contributed by atoms with Crippen molar-refractivity contribution in [3.63, 3.8) is 0 Å². The molecule has 6 heteroatoms. The molecule has 34 heavy (non-hydrogen) atoms. The SMILES string of the molecule is O=C(/C=C/c1cn(-c2ccccc2)nc1-c1ccccc1)N1CCN(Cc2ccncc2)CC1. The molecule has 0 aliphatic carbocycles. The van der Waals surface area contributed by atoms with Gasteiger partial charge in [0.05, 0.1) is 11.4 Å². The number of piperazine rings is 1. The first kappa shape index (κ1) is 21.8. The summed E-state index contributed by atoms with van der Waals surface area (Å²) in [6, 6.07) is 24.2. The summed E-state index contributed by atoms with van der Waals surface area (Å²) in [6.45, 7) is 4.07. The van der Waals surface area contributed by atoms with Crippen LogP contribution in [0.25, 0.3) is 23.0 Å². The molecule has 0 N–H and O–H groups in total. The fourth-order valence-electron chi connectivity index (χ4n) is 4.18. The van der Waals surface area contributed by atoms with Crippen molar-refractivity contribution >= 4 is 12.0 Å². The molecule has 5 rings (SSSR count). The van der Waals surface area contributed by atoms with Crippen molar-refractivity contribution in [1.82, 2.24) is 24.6 Å². The van der Waals surface area contributed by atoms with Crippen LogP contribution in [0.2, 0.25) is 0 Å². The van der Waals surface area contributed by atoms with Gasteiger partial charge in [0.25, 0.3) is 0 Å². The Morgan fingerprint density at radius 2 is 1.53 bits per heavy atom. The van der Waals surface area contributed by atoms with Gasteiger partial charge in [-0.1, -0.05) is 48.5 Å². The third-order valence-corrected chi connectivity index (χ3v) is 6.06. The Morgan fingerprint density at radius 1 is 0.853 bits per heavy atom. The maximum absolute atomic E-state index is 12.9. The van der Waals surface area contributed by atoms with E-state index >= 15 is 0 Å². The Balaban J connectivity index is 1.29. The molecule has 0 radical (unpaired) electrons. The van der Waals surface area contributed by atoms with E-state index in [0.29, 0.717) is 0 Å². The first-order valence-electron chi connectivity index (χ1n) is 11.5. The number of rotatable bonds is 6. The molecule has 0 unspecified atom stereocenters. The summed E-state index contributed by atoms with van der Waals surface area (Å²) in [5, 5.41) is 4.82. The summed E-state index contributed by atoms with van der Waals surface area (Å²) in [5.41, 5.74) is 5.03. The minimum absolute atomic E-state index is 0.0371. The van der Waals surface area contributed by atoms with Crippen LogP contribution in [0.4, 0.5) is 0 Å². The topological polar surface area (TPSA) is 54.3 Å². The van der Waals surface area contributed by atoms with Crippen LogP contribution in [-0.2, 0) is 11.3 Å². The van der Waals surface area contributed by atoms with Crippen LogP contribution < -0.4 is 0 Å². The lowest BCUT2D eigenvalue weighted by Crippen LogP contribution is -2.47. The van der Waals surface area contributed by atoms with Crippen molar-refractivity contribution in [3.05, 3.63) is 109 Å². The monoisotopic (exact) mass is 449 g/mol. The lowest BCUT2D eigenvalue weighted by molar-refractivity contribution is -0.127. The number of aromatic nitrogens is 3. The van der Waals surface area contributed by atoms with Crippen molar-refractivity contribution < 1.29 is 4.79 Å². The van der Waals surface area contributed by atoms with Crippen molar-refractivity contribution in [2.24, 2.45) is 0 Å². The molecular weight excluding hydrogens is 422 g/mol. The lowest BCUT2D eigenvalue weighted by Gasteiger charge is -2.34. The number of para-hydroxylation sites is 1. The van der Waals surface area contributed by atoms with E-state index in [1.165, 1.54) is 5.56 Å². The maximum Gasteiger partial charge on any atom is 0.246 e. The average Bonchev–Trinajstić information content (AvgIpc) is 3.34. The van der Waals surface area contributed by atoms with Gasteiger partial charge >= 0.3 is 0 Å². The van der Waals surface area contributed by atoms with E-state index in [1.54, 1.807) is 6.08 Å². The highest BCUT2D eigenvalue weighted by Gasteiger charge is 2.20. The zero-order chi connectivity index (χ0) is 23.2. The number of carbonyl (C=O) groups excluding carboxylic acids is 1. The molecule has 4 aromatic rings. The van der Waals surface area contributed by atoms with Gasteiger partial charge in [-0.3, -0.25) is 14.7 Å². The van der Waals surface area contributed by atoms with E-state index < -0.39 is 0 Å². The standard InChI is InChI=1S/C28H27N5O/c34-27(32-19-17-31(18-20-32)21-23-13-15-29-16-14-23)12-11-25-22-33(26-9-5-2-6-10-26)30-28(25)24-7-3-1-4-8-24/h1-16,22H,17-21H2/b12-11+. The van der Waals surface area contributed by atoms with Gasteiger partial charge in [-0.2, -0.15) is 5.10 Å². The van der Waals surface area contributed by atoms with Crippen LogP contribution in [-0.4, -0.2) is 56.7 Å². The van der Waals surface area contributed by atoms with E-state index in [-0.39, 0.29) is 5.91 Å². The average molecular weight is 450 g/mol. The van der Waals surface area contributed by atoms with Gasteiger partial charge in [0.2, 0.25) is 5.91 Å². The molecule has 6 nitrogen and oxygen atoms in total. The fourth-order valence-corrected chi connectivity index (χ4v) is 4.18. The molecule has 1 fully saturated rings. The van der Waals surface area contributed by atoms with Crippen LogP contribution >= 0.6 is 0 Å². The van der Waals surface area contributed by atoms with Crippen LogP contribution in [0.15, 0.2) is 97.5 Å². The highest BCUT2D eigenvalue weighted by Crippen LogP contribution is 2.25. The second-order valence-electron chi connectivity index (χ2n) is 8.37. The van der Waals surface area contributed by atoms with Gasteiger partial charge in [0.1, 0.15) is 0 Å². The van der Waals surface area contributed by atoms with Crippen molar-refractivity contribution in [2.45, 2.75) is 6.54 Å². The number of amides is 1. The van der Waals surface area contributed by atoms with Crippen LogP contribution in [0.5, 0.6) is 0 Å². The van der Waals surface area contributed by atoms with Crippen molar-refractivity contribution in [3.8, 4) is 16.9 Å². The zero-order valence-corrected chi connectivity index (χ0v) is 19.0. The maximum atomic E-state index is 12.9. The number of nitrogens with zero attached hydrogens (tertiary/aromatic N) is 5. The number of pyridine rings is 1. The molecule has 1 amide bonds. The summed E-state index contributed by atoms with van der Waals surface area (Å²) < 4.78 is 1.87. The molecule has 3 heterocycles. The van der Waals surface area contributed by atoms with Crippen molar-refractivity contribution in [2.75, 3.05) is 26.2 Å². The van der Waals surface area contributed by atoms with Crippen LogP contribution in [0.3, 0.4) is 0 Å². The van der Waals surface area contributed by atoms with Gasteiger partial charge in [-0.25, -0.2) is 4.68 Å². The largest absolute Gasteiger partial charge is 0.337 e. The van der Waals surface area contributed by atoms with Gasteiger partial charge in [-0.15, -0.1) is 0 Å². The quantitative estimate of drug-likeness (QED) is 0.412. The summed E-state index contributed by atoms with van der Waals surface area (Å²) in [5.74, 6) is 0.0371. The third-order valence-electron chi connectivity index (χ3n) is 6.06. The van der Waals surface area contributed by atoms with E-state index in [9.17, 15) is 4.79 Å². The zero-order valence-electron chi connectivity index (χ0n) is 19.0. The van der Waals surface area contributed by atoms with Gasteiger partial charge in [-0.05, 0) is 35.9 Å². The Bertz CT molecular complexity index is 1240. The van der Waals surface area contributed by atoms with E-state index in [4.69, 9.17) is 5.10 Å². The normalized spacial score (nSPS) is 14.5. The summed E-state index contributed by atoms with van der Waals surface area (Å²) in [4.78, 5) is 21.3. The Morgan fingerprint density at radius 3 is 2.24 bits per heavy atom. The molecule has 2 aromatic carbocycles. The molecule has 170 valence electrons. The highest BCUT2D eigenvalue weighted by atomic mass is 16.2. The van der Waals surface area contributed by atoms with Crippen LogP contribution in [0.1, 0.15) is 11.1 Å². The van der Waals surface area contributed by atoms with Crippen molar-refractivity contribution in [1.29, 1.82) is 0 Å². The number of carbonyl (C=O) groups is 1. The Hall–Kier alpha value is -4.03. The molecule has 1 aliphatic heterocycles. The molecule has 2 aromatic heterocycles. The number of hydrogen-bond donors (Lipinski definition) is 0. The smallest absolute Gasteiger partial charge is 0.246 e. The molecule has 1 aliphatic rings. The summed E-state index contributed by atoms with van der Waals surface area (Å²) in [6.07, 6.45) is 9.19. The molecular formula is C28H27N5O. The predicted octanol–water partition coefficient (Wildman–Crippen LogP) is 4.29. The van der Waals surface area contributed by atoms with Gasteiger partial charge < -0.3 is 4.90 Å². The molecule has 0 saturated carbocycles. The number of benzene rings is 2. The molecule has 1 saturated heterocycles. The lowest BCUT2D eigenvalue weighted by atomic mass is 10.1. The highest BCUT2D eigenvalue weighted by molar-refractivity contribution is 5.93. The first-order valence-corrected chi connectivity index (χ1v) is 11.5. The first-order chi connectivity index (χ1) is 16.8. The summed E-state index contributed by atoms with van der Waals surface area (Å²) >= 11 is 0. The van der Waals surface area contributed by atoms with E-state index in [0.717, 1.165) is 55.2 Å².